The minimum absolute atomic E-state index is 0.0945. The van der Waals surface area contributed by atoms with Crippen molar-refractivity contribution < 1.29 is 22.7 Å². The lowest BCUT2D eigenvalue weighted by atomic mass is 10.4. The quantitative estimate of drug-likeness (QED) is 0.523. The van der Waals surface area contributed by atoms with Crippen molar-refractivity contribution in [3.8, 4) is 0 Å². The number of hydrogen-bond acceptors (Lipinski definition) is 3. The average molecular weight is 183 g/mol. The van der Waals surface area contributed by atoms with Gasteiger partial charge in [0.1, 0.15) is 5.70 Å². The second-order valence-corrected chi connectivity index (χ2v) is 1.79. The number of hydrogen-bond donors (Lipinski definition) is 1. The molecule has 0 spiro atoms. The molecule has 0 radical (unpaired) electrons. The minimum Gasteiger partial charge on any atom is -0.461 e. The molecule has 2 N–H and O–H groups in total. The second kappa shape index (κ2) is 4.63. The molecular formula is C6H8F3NO2. The van der Waals surface area contributed by atoms with Gasteiger partial charge in [-0.05, 0) is 6.92 Å². The Kier molecular flexibility index (Phi) is 4.17. The van der Waals surface area contributed by atoms with Gasteiger partial charge in [-0.1, -0.05) is 0 Å². The highest BCUT2D eigenvalue weighted by Crippen LogP contribution is 2.10. The van der Waals surface area contributed by atoms with Crippen molar-refractivity contribution in [2.45, 2.75) is 13.3 Å². The SMILES string of the molecule is CCOC(=O)/C(F)=C(\N)C(F)F. The van der Waals surface area contributed by atoms with Crippen LogP contribution in [-0.2, 0) is 9.53 Å². The van der Waals surface area contributed by atoms with E-state index in [1.165, 1.54) is 6.92 Å². The van der Waals surface area contributed by atoms with Crippen molar-refractivity contribution in [2.24, 2.45) is 5.73 Å². The summed E-state index contributed by atoms with van der Waals surface area (Å²) in [7, 11) is 0. The maximum atomic E-state index is 12.4. The summed E-state index contributed by atoms with van der Waals surface area (Å²) in [5, 5.41) is 0. The molecule has 0 aliphatic rings. The van der Waals surface area contributed by atoms with Gasteiger partial charge in [0.25, 0.3) is 6.43 Å². The zero-order chi connectivity index (χ0) is 9.72. The van der Waals surface area contributed by atoms with Gasteiger partial charge in [0.05, 0.1) is 6.61 Å². The Bertz CT molecular complexity index is 203. The zero-order valence-corrected chi connectivity index (χ0v) is 6.31. The molecule has 0 heterocycles. The lowest BCUT2D eigenvalue weighted by molar-refractivity contribution is -0.140. The highest BCUT2D eigenvalue weighted by Gasteiger charge is 2.20. The molecule has 0 aliphatic carbocycles. The van der Waals surface area contributed by atoms with Crippen molar-refractivity contribution in [3.63, 3.8) is 0 Å². The Morgan fingerprint density at radius 3 is 2.42 bits per heavy atom. The molecule has 0 aliphatic heterocycles. The Hall–Kier alpha value is -1.20. The molecule has 0 rings (SSSR count). The molecule has 6 heteroatoms. The molecule has 0 saturated heterocycles. The van der Waals surface area contributed by atoms with Crippen molar-refractivity contribution in [3.05, 3.63) is 11.5 Å². The number of rotatable bonds is 3. The summed E-state index contributed by atoms with van der Waals surface area (Å²) in [4.78, 5) is 10.4. The van der Waals surface area contributed by atoms with Crippen LogP contribution in [0.4, 0.5) is 13.2 Å². The van der Waals surface area contributed by atoms with Crippen molar-refractivity contribution >= 4 is 5.97 Å². The standard InChI is InChI=1S/C6H8F3NO2/c1-2-12-6(11)3(7)4(10)5(8)9/h5H,2,10H2,1H3/b4-3+. The van der Waals surface area contributed by atoms with E-state index in [9.17, 15) is 18.0 Å². The Morgan fingerprint density at radius 2 is 2.08 bits per heavy atom. The van der Waals surface area contributed by atoms with Crippen LogP contribution >= 0.6 is 0 Å². The molecule has 70 valence electrons. The Balaban J connectivity index is 4.43. The van der Waals surface area contributed by atoms with Gasteiger partial charge in [0.2, 0.25) is 5.83 Å². The maximum Gasteiger partial charge on any atom is 0.369 e. The van der Waals surface area contributed by atoms with Gasteiger partial charge in [-0.2, -0.15) is 4.39 Å². The molecule has 0 saturated carbocycles. The van der Waals surface area contributed by atoms with Crippen LogP contribution < -0.4 is 5.73 Å². The van der Waals surface area contributed by atoms with Gasteiger partial charge in [0, 0.05) is 0 Å². The van der Waals surface area contributed by atoms with E-state index in [1.54, 1.807) is 0 Å². The largest absolute Gasteiger partial charge is 0.461 e. The number of esters is 1. The summed E-state index contributed by atoms with van der Waals surface area (Å²) < 4.78 is 39.8. The third kappa shape index (κ3) is 2.81. The van der Waals surface area contributed by atoms with Gasteiger partial charge >= 0.3 is 5.97 Å². The third-order valence-corrected chi connectivity index (χ3v) is 0.943. The molecule has 0 aromatic carbocycles. The normalized spacial score (nSPS) is 12.8. The summed E-state index contributed by atoms with van der Waals surface area (Å²) in [6.45, 7) is 1.33. The molecular weight excluding hydrogens is 175 g/mol. The van der Waals surface area contributed by atoms with Gasteiger partial charge in [-0.3, -0.25) is 0 Å². The first kappa shape index (κ1) is 10.8. The minimum atomic E-state index is -3.19. The lowest BCUT2D eigenvalue weighted by Gasteiger charge is -2.02. The van der Waals surface area contributed by atoms with Crippen molar-refractivity contribution in [1.82, 2.24) is 0 Å². The summed E-state index contributed by atoms with van der Waals surface area (Å²) >= 11 is 0. The Morgan fingerprint density at radius 1 is 1.58 bits per heavy atom. The van der Waals surface area contributed by atoms with E-state index in [4.69, 9.17) is 0 Å². The fraction of sp³-hybridized carbons (Fsp3) is 0.500. The summed E-state index contributed by atoms with van der Waals surface area (Å²) in [6, 6.07) is 0. The predicted octanol–water partition coefficient (Wildman–Crippen LogP) is 0.954. The molecule has 0 aromatic rings. The van der Waals surface area contributed by atoms with E-state index in [-0.39, 0.29) is 6.61 Å². The lowest BCUT2D eigenvalue weighted by Crippen LogP contribution is -2.16. The van der Waals surface area contributed by atoms with Crippen molar-refractivity contribution in [2.75, 3.05) is 6.61 Å². The van der Waals surface area contributed by atoms with Crippen LogP contribution in [0, 0.1) is 0 Å². The van der Waals surface area contributed by atoms with Crippen molar-refractivity contribution in [1.29, 1.82) is 0 Å². The molecule has 12 heavy (non-hydrogen) atoms. The predicted molar refractivity (Wildman–Crippen MR) is 35.0 cm³/mol. The monoisotopic (exact) mass is 183 g/mol. The Labute approximate surface area is 67.0 Å². The van der Waals surface area contributed by atoms with Crippen LogP contribution in [0.5, 0.6) is 0 Å². The number of ether oxygens (including phenoxy) is 1. The highest BCUT2D eigenvalue weighted by molar-refractivity contribution is 5.86. The third-order valence-electron chi connectivity index (χ3n) is 0.943. The fourth-order valence-corrected chi connectivity index (χ4v) is 0.408. The van der Waals surface area contributed by atoms with E-state index in [0.717, 1.165) is 0 Å². The van der Waals surface area contributed by atoms with E-state index in [0.29, 0.717) is 0 Å². The van der Waals surface area contributed by atoms with Crippen LogP contribution in [0.2, 0.25) is 0 Å². The van der Waals surface area contributed by atoms with Crippen LogP contribution in [0.15, 0.2) is 11.5 Å². The van der Waals surface area contributed by atoms with Crippen LogP contribution in [-0.4, -0.2) is 19.0 Å². The van der Waals surface area contributed by atoms with Gasteiger partial charge in [0.15, 0.2) is 0 Å². The van der Waals surface area contributed by atoms with Gasteiger partial charge < -0.3 is 10.5 Å². The molecule has 0 amide bonds. The van der Waals surface area contributed by atoms with Crippen LogP contribution in [0.1, 0.15) is 6.92 Å². The number of halogens is 3. The zero-order valence-electron chi connectivity index (χ0n) is 6.31. The fourth-order valence-electron chi connectivity index (χ4n) is 0.408. The summed E-state index contributed by atoms with van der Waals surface area (Å²) in [5.41, 5.74) is 3.15. The van der Waals surface area contributed by atoms with Crippen LogP contribution in [0.3, 0.4) is 0 Å². The molecule has 0 fully saturated rings. The first-order valence-corrected chi connectivity index (χ1v) is 3.11. The van der Waals surface area contributed by atoms with E-state index in [2.05, 4.69) is 10.5 Å². The molecule has 0 bridgehead atoms. The molecule has 0 atom stereocenters. The number of carbonyl (C=O) groups excluding carboxylic acids is 1. The molecule has 0 unspecified atom stereocenters. The highest BCUT2D eigenvalue weighted by atomic mass is 19.3. The second-order valence-electron chi connectivity index (χ2n) is 1.79. The number of carbonyl (C=O) groups is 1. The van der Waals surface area contributed by atoms with Gasteiger partial charge in [-0.15, -0.1) is 0 Å². The maximum absolute atomic E-state index is 12.4. The van der Waals surface area contributed by atoms with E-state index >= 15 is 0 Å². The summed E-state index contributed by atoms with van der Waals surface area (Å²) in [6.07, 6.45) is -3.19. The molecule has 0 aromatic heterocycles. The number of nitrogens with two attached hydrogens (primary N) is 1. The van der Waals surface area contributed by atoms with E-state index in [1.807, 2.05) is 0 Å². The first-order chi connectivity index (χ1) is 5.50. The number of alkyl halides is 2. The first-order valence-electron chi connectivity index (χ1n) is 3.11. The van der Waals surface area contributed by atoms with Crippen LogP contribution in [0.25, 0.3) is 0 Å². The smallest absolute Gasteiger partial charge is 0.369 e. The van der Waals surface area contributed by atoms with E-state index < -0.39 is 23.9 Å². The van der Waals surface area contributed by atoms with Gasteiger partial charge in [-0.25, -0.2) is 13.6 Å². The number of allylic oxidation sites excluding steroid dienone is 1. The average Bonchev–Trinajstić information content (AvgIpc) is 2.02. The summed E-state index contributed by atoms with van der Waals surface area (Å²) in [5.74, 6) is -3.19. The molecule has 3 nitrogen and oxygen atoms in total. The topological polar surface area (TPSA) is 52.3 Å².